The number of benzene rings is 3. The van der Waals surface area contributed by atoms with Gasteiger partial charge in [-0.25, -0.2) is 9.13 Å². The number of imidazole rings is 1. The van der Waals surface area contributed by atoms with Crippen LogP contribution < -0.4 is 4.57 Å². The maximum Gasteiger partial charge on any atom is 0.245 e. The Balaban J connectivity index is 1.39. The van der Waals surface area contributed by atoms with E-state index in [2.05, 4.69) is 104 Å². The first-order valence-electron chi connectivity index (χ1n) is 10.7. The Morgan fingerprint density at radius 3 is 2.00 bits per heavy atom. The van der Waals surface area contributed by atoms with Crippen LogP contribution in [0.4, 0.5) is 0 Å². The molecule has 6 rings (SSSR count). The molecule has 0 atom stereocenters. The number of aromatic nitrogens is 4. The molecule has 0 amide bonds. The number of fused-ring (bicyclic) bond motifs is 4. The molecule has 0 N–H and O–H groups in total. The Hall–Kier alpha value is -3.92. The maximum absolute atomic E-state index is 4.51. The summed E-state index contributed by atoms with van der Waals surface area (Å²) in [6, 6.07) is 32.1. The molecular formula is C27H23N4+. The molecule has 4 heteroatoms. The molecule has 31 heavy (non-hydrogen) atoms. The van der Waals surface area contributed by atoms with Gasteiger partial charge in [0.15, 0.2) is 11.0 Å². The van der Waals surface area contributed by atoms with Gasteiger partial charge in [0.1, 0.15) is 13.1 Å². The predicted octanol–water partition coefficient (Wildman–Crippen LogP) is 5.18. The van der Waals surface area contributed by atoms with Gasteiger partial charge in [0.2, 0.25) is 6.33 Å². The van der Waals surface area contributed by atoms with Crippen LogP contribution in [0.3, 0.4) is 0 Å². The zero-order valence-corrected chi connectivity index (χ0v) is 17.2. The summed E-state index contributed by atoms with van der Waals surface area (Å²) in [5.41, 5.74) is 6.13. The van der Waals surface area contributed by atoms with Crippen LogP contribution in [0.1, 0.15) is 5.69 Å². The SMILES string of the molecule is c1ccc(C[n+]2cn(CCn3c4ccccc4c4ccccc43)c3ccccc32)nc1. The lowest BCUT2D eigenvalue weighted by molar-refractivity contribution is -0.663. The second-order valence-electron chi connectivity index (χ2n) is 7.93. The Morgan fingerprint density at radius 1 is 0.645 bits per heavy atom. The van der Waals surface area contributed by atoms with Crippen LogP contribution in [-0.4, -0.2) is 14.1 Å². The lowest BCUT2D eigenvalue weighted by Gasteiger charge is -2.06. The minimum Gasteiger partial charge on any atom is -0.336 e. The third-order valence-corrected chi connectivity index (χ3v) is 6.08. The summed E-state index contributed by atoms with van der Waals surface area (Å²) in [4.78, 5) is 4.51. The molecule has 3 aromatic carbocycles. The first-order chi connectivity index (χ1) is 15.4. The van der Waals surface area contributed by atoms with E-state index < -0.39 is 0 Å². The van der Waals surface area contributed by atoms with Crippen molar-refractivity contribution in [2.45, 2.75) is 19.6 Å². The van der Waals surface area contributed by atoms with Gasteiger partial charge in [-0.1, -0.05) is 54.6 Å². The highest BCUT2D eigenvalue weighted by atomic mass is 15.2. The predicted molar refractivity (Wildman–Crippen MR) is 125 cm³/mol. The third-order valence-electron chi connectivity index (χ3n) is 6.08. The number of pyridine rings is 1. The molecule has 0 bridgehead atoms. The third kappa shape index (κ3) is 3.08. The highest BCUT2D eigenvalue weighted by Gasteiger charge is 2.17. The molecule has 0 aliphatic rings. The maximum atomic E-state index is 4.51. The average Bonchev–Trinajstić information content (AvgIpc) is 3.34. The summed E-state index contributed by atoms with van der Waals surface area (Å²) in [5, 5.41) is 2.64. The number of para-hydroxylation sites is 4. The summed E-state index contributed by atoms with van der Waals surface area (Å²) >= 11 is 0. The van der Waals surface area contributed by atoms with Gasteiger partial charge in [0, 0.05) is 28.0 Å². The van der Waals surface area contributed by atoms with E-state index >= 15 is 0 Å². The molecule has 3 aromatic heterocycles. The van der Waals surface area contributed by atoms with E-state index in [1.807, 2.05) is 18.3 Å². The number of hydrogen-bond acceptors (Lipinski definition) is 1. The van der Waals surface area contributed by atoms with Gasteiger partial charge in [0.05, 0.1) is 12.2 Å². The van der Waals surface area contributed by atoms with E-state index in [0.717, 1.165) is 25.3 Å². The fourth-order valence-corrected chi connectivity index (χ4v) is 4.66. The van der Waals surface area contributed by atoms with Crippen molar-refractivity contribution in [3.05, 3.63) is 109 Å². The Morgan fingerprint density at radius 2 is 1.29 bits per heavy atom. The largest absolute Gasteiger partial charge is 0.336 e. The number of aryl methyl sites for hydroxylation is 2. The molecule has 0 fully saturated rings. The molecule has 0 unspecified atom stereocenters. The lowest BCUT2D eigenvalue weighted by Crippen LogP contribution is -2.33. The zero-order chi connectivity index (χ0) is 20.6. The molecule has 4 nitrogen and oxygen atoms in total. The van der Waals surface area contributed by atoms with Crippen molar-refractivity contribution in [3.8, 4) is 0 Å². The van der Waals surface area contributed by atoms with Gasteiger partial charge in [-0.15, -0.1) is 0 Å². The topological polar surface area (TPSA) is 26.6 Å². The minimum absolute atomic E-state index is 0.768. The normalized spacial score (nSPS) is 11.6. The number of hydrogen-bond donors (Lipinski definition) is 0. The monoisotopic (exact) mass is 403 g/mol. The molecular weight excluding hydrogens is 380 g/mol. The summed E-state index contributed by atoms with van der Waals surface area (Å²) in [6.45, 7) is 2.58. The van der Waals surface area contributed by atoms with Gasteiger partial charge in [0.25, 0.3) is 0 Å². The van der Waals surface area contributed by atoms with E-state index in [4.69, 9.17) is 0 Å². The summed E-state index contributed by atoms with van der Waals surface area (Å²) in [7, 11) is 0. The Kier molecular flexibility index (Phi) is 4.27. The fourth-order valence-electron chi connectivity index (χ4n) is 4.66. The van der Waals surface area contributed by atoms with Crippen molar-refractivity contribution in [2.75, 3.05) is 0 Å². The van der Waals surface area contributed by atoms with Crippen molar-refractivity contribution in [1.29, 1.82) is 0 Å². The van der Waals surface area contributed by atoms with Crippen molar-refractivity contribution in [1.82, 2.24) is 14.1 Å². The molecule has 0 saturated heterocycles. The molecule has 0 aliphatic carbocycles. The molecule has 0 radical (unpaired) electrons. The molecule has 0 aliphatic heterocycles. The van der Waals surface area contributed by atoms with Crippen LogP contribution in [0.2, 0.25) is 0 Å². The van der Waals surface area contributed by atoms with Gasteiger partial charge in [-0.05, 0) is 36.4 Å². The smallest absolute Gasteiger partial charge is 0.245 e. The fraction of sp³-hybridized carbons (Fsp3) is 0.111. The minimum atomic E-state index is 0.768. The van der Waals surface area contributed by atoms with Crippen LogP contribution in [0.5, 0.6) is 0 Å². The number of nitrogens with zero attached hydrogens (tertiary/aromatic N) is 4. The van der Waals surface area contributed by atoms with E-state index in [1.165, 1.54) is 32.8 Å². The van der Waals surface area contributed by atoms with Crippen LogP contribution in [0, 0.1) is 0 Å². The molecule has 3 heterocycles. The molecule has 0 saturated carbocycles. The van der Waals surface area contributed by atoms with E-state index in [1.54, 1.807) is 0 Å². The highest BCUT2D eigenvalue weighted by Crippen LogP contribution is 2.28. The van der Waals surface area contributed by atoms with Crippen LogP contribution in [0.25, 0.3) is 32.8 Å². The molecule has 6 aromatic rings. The first kappa shape index (κ1) is 17.9. The Labute approximate surface area is 180 Å². The summed E-state index contributed by atoms with van der Waals surface area (Å²) in [5.74, 6) is 0. The van der Waals surface area contributed by atoms with Gasteiger partial charge >= 0.3 is 0 Å². The van der Waals surface area contributed by atoms with Crippen molar-refractivity contribution >= 4 is 32.8 Å². The zero-order valence-electron chi connectivity index (χ0n) is 17.2. The second-order valence-corrected chi connectivity index (χ2v) is 7.93. The summed E-state index contributed by atoms with van der Waals surface area (Å²) in [6.07, 6.45) is 4.09. The van der Waals surface area contributed by atoms with Crippen molar-refractivity contribution in [3.63, 3.8) is 0 Å². The van der Waals surface area contributed by atoms with E-state index in [0.29, 0.717) is 0 Å². The molecule has 0 spiro atoms. The first-order valence-corrected chi connectivity index (χ1v) is 10.7. The van der Waals surface area contributed by atoms with Gasteiger partial charge in [-0.2, -0.15) is 0 Å². The van der Waals surface area contributed by atoms with Gasteiger partial charge in [-0.3, -0.25) is 4.98 Å². The average molecular weight is 404 g/mol. The van der Waals surface area contributed by atoms with Crippen LogP contribution in [-0.2, 0) is 19.6 Å². The molecule has 150 valence electrons. The Bertz CT molecular complexity index is 1460. The standard InChI is InChI=1S/C27H23N4/c1-3-12-24-22(10-1)23-11-2-4-13-25(23)31(24)18-17-29-20-30(19-21-9-7-8-16-28-21)27-15-6-5-14-26(27)29/h1-16,20H,17-19H2/q+1. The van der Waals surface area contributed by atoms with Crippen LogP contribution >= 0.6 is 0 Å². The summed E-state index contributed by atoms with van der Waals surface area (Å²) < 4.78 is 7.11. The number of rotatable bonds is 5. The quantitative estimate of drug-likeness (QED) is 0.364. The second kappa shape index (κ2) is 7.40. The van der Waals surface area contributed by atoms with Crippen LogP contribution in [0.15, 0.2) is 104 Å². The lowest BCUT2D eigenvalue weighted by atomic mass is 10.2. The van der Waals surface area contributed by atoms with Gasteiger partial charge < -0.3 is 4.57 Å². The van der Waals surface area contributed by atoms with Crippen molar-refractivity contribution < 1.29 is 4.57 Å². The van der Waals surface area contributed by atoms with Crippen molar-refractivity contribution in [2.24, 2.45) is 0 Å². The van der Waals surface area contributed by atoms with E-state index in [-0.39, 0.29) is 0 Å². The highest BCUT2D eigenvalue weighted by molar-refractivity contribution is 6.07. The van der Waals surface area contributed by atoms with E-state index in [9.17, 15) is 0 Å².